The van der Waals surface area contributed by atoms with Crippen LogP contribution in [0.4, 0.5) is 4.39 Å². The summed E-state index contributed by atoms with van der Waals surface area (Å²) in [5, 5.41) is 9.21. The molecule has 1 aliphatic heterocycles. The zero-order chi connectivity index (χ0) is 16.6. The Labute approximate surface area is 135 Å². The predicted octanol–water partition coefficient (Wildman–Crippen LogP) is 3.22. The molecule has 2 aliphatic rings. The third-order valence-corrected chi connectivity index (χ3v) is 4.76. The summed E-state index contributed by atoms with van der Waals surface area (Å²) in [7, 11) is 0. The third-order valence-electron chi connectivity index (χ3n) is 4.76. The van der Waals surface area contributed by atoms with Crippen molar-refractivity contribution >= 4 is 17.6 Å². The molecule has 2 atom stereocenters. The highest BCUT2D eigenvalue weighted by Gasteiger charge is 2.38. The Hall–Kier alpha value is -2.04. The standard InChI is InChI=1S/C18H21FN2O2/c1-11-4-3-5-13(8-11)17-20-18(21(17)10-16(22)23)14-6-7-15(19)12(2)9-14/h6-7,9,11,13H,3-5,8,10H2,1-2H3/p+1. The van der Waals surface area contributed by atoms with E-state index in [9.17, 15) is 14.3 Å². The second-order valence-electron chi connectivity index (χ2n) is 6.71. The van der Waals surface area contributed by atoms with Gasteiger partial charge in [0, 0.05) is 5.92 Å². The van der Waals surface area contributed by atoms with Crippen molar-refractivity contribution in [2.45, 2.75) is 39.5 Å². The van der Waals surface area contributed by atoms with Crippen LogP contribution < -0.4 is 0 Å². The molecule has 1 aromatic rings. The first kappa shape index (κ1) is 15.8. The van der Waals surface area contributed by atoms with E-state index in [4.69, 9.17) is 0 Å². The smallest absolute Gasteiger partial charge is 0.338 e. The van der Waals surface area contributed by atoms with Gasteiger partial charge in [0.25, 0.3) is 5.84 Å². The van der Waals surface area contributed by atoms with Crippen LogP contribution in [-0.4, -0.2) is 33.9 Å². The van der Waals surface area contributed by atoms with Gasteiger partial charge in [-0.3, -0.25) is 0 Å². The molecule has 4 nitrogen and oxygen atoms in total. The first-order valence-electron chi connectivity index (χ1n) is 8.17. The molecule has 0 aromatic heterocycles. The fraction of sp³-hybridized carbons (Fsp3) is 0.500. The topological polar surface area (TPSA) is 52.7 Å². The van der Waals surface area contributed by atoms with Gasteiger partial charge < -0.3 is 5.11 Å². The van der Waals surface area contributed by atoms with Crippen LogP contribution in [0.3, 0.4) is 0 Å². The van der Waals surface area contributed by atoms with Gasteiger partial charge in [-0.05, 0) is 49.4 Å². The van der Waals surface area contributed by atoms with E-state index in [0.717, 1.165) is 30.7 Å². The molecule has 122 valence electrons. The van der Waals surface area contributed by atoms with Gasteiger partial charge in [-0.2, -0.15) is 0 Å². The second-order valence-corrected chi connectivity index (χ2v) is 6.71. The minimum Gasteiger partial charge on any atom is -0.479 e. The molecular weight excluding hydrogens is 295 g/mol. The number of carboxylic acid groups (broad SMARTS) is 1. The van der Waals surface area contributed by atoms with Crippen LogP contribution in [-0.2, 0) is 4.79 Å². The maximum absolute atomic E-state index is 13.4. The van der Waals surface area contributed by atoms with Crippen molar-refractivity contribution in [2.24, 2.45) is 16.8 Å². The number of rotatable bonds is 4. The Morgan fingerprint density at radius 2 is 2.22 bits per heavy atom. The Bertz CT molecular complexity index is 709. The third kappa shape index (κ3) is 3.19. The van der Waals surface area contributed by atoms with Crippen LogP contribution in [0.5, 0.6) is 0 Å². The van der Waals surface area contributed by atoms with Crippen molar-refractivity contribution in [1.29, 1.82) is 0 Å². The Balaban J connectivity index is 1.89. The molecule has 1 aromatic carbocycles. The van der Waals surface area contributed by atoms with Crippen LogP contribution in [0.1, 0.15) is 43.7 Å². The number of benzene rings is 1. The molecule has 1 fully saturated rings. The van der Waals surface area contributed by atoms with E-state index in [1.807, 2.05) is 0 Å². The lowest BCUT2D eigenvalue weighted by Gasteiger charge is -2.29. The van der Waals surface area contributed by atoms with Crippen LogP contribution in [0.2, 0.25) is 0 Å². The second kappa shape index (κ2) is 6.22. The molecule has 23 heavy (non-hydrogen) atoms. The highest BCUT2D eigenvalue weighted by molar-refractivity contribution is 6.11. The Morgan fingerprint density at radius 1 is 1.43 bits per heavy atom. The first-order valence-corrected chi connectivity index (χ1v) is 8.17. The zero-order valence-corrected chi connectivity index (χ0v) is 13.6. The number of aliphatic imine (C=N–C) groups is 1. The van der Waals surface area contributed by atoms with Crippen LogP contribution in [0.25, 0.3) is 0 Å². The lowest BCUT2D eigenvalue weighted by molar-refractivity contribution is -0.417. The zero-order valence-electron chi connectivity index (χ0n) is 13.6. The maximum Gasteiger partial charge on any atom is 0.338 e. The molecule has 0 spiro atoms. The largest absolute Gasteiger partial charge is 0.479 e. The maximum atomic E-state index is 13.4. The van der Waals surface area contributed by atoms with E-state index in [-0.39, 0.29) is 12.4 Å². The molecule has 1 N–H and O–H groups in total. The molecule has 1 heterocycles. The summed E-state index contributed by atoms with van der Waals surface area (Å²) in [4.78, 5) is 15.9. The van der Waals surface area contributed by atoms with Crippen molar-refractivity contribution < 1.29 is 18.9 Å². The fourth-order valence-electron chi connectivity index (χ4n) is 3.57. The summed E-state index contributed by atoms with van der Waals surface area (Å²) in [6.07, 6.45) is 4.52. The summed E-state index contributed by atoms with van der Waals surface area (Å²) in [5.74, 6) is 1.38. The molecule has 3 rings (SSSR count). The number of aryl methyl sites for hydroxylation is 1. The van der Waals surface area contributed by atoms with E-state index in [2.05, 4.69) is 11.9 Å². The summed E-state index contributed by atoms with van der Waals surface area (Å²) in [5.41, 5.74) is 1.32. The fourth-order valence-corrected chi connectivity index (χ4v) is 3.57. The van der Waals surface area contributed by atoms with Crippen molar-refractivity contribution in [3.63, 3.8) is 0 Å². The number of carbonyl (C=O) groups is 1. The molecule has 0 saturated heterocycles. The minimum absolute atomic E-state index is 0.0878. The van der Waals surface area contributed by atoms with Crippen molar-refractivity contribution in [1.82, 2.24) is 0 Å². The van der Waals surface area contributed by atoms with Gasteiger partial charge in [0.05, 0.1) is 5.56 Å². The first-order chi connectivity index (χ1) is 11.0. The number of halogens is 1. The molecule has 1 saturated carbocycles. The quantitative estimate of drug-likeness (QED) is 0.867. The summed E-state index contributed by atoms with van der Waals surface area (Å²) < 4.78 is 15.2. The van der Waals surface area contributed by atoms with E-state index >= 15 is 0 Å². The summed E-state index contributed by atoms with van der Waals surface area (Å²) in [6.45, 7) is 3.85. The number of hydrogen-bond acceptors (Lipinski definition) is 2. The lowest BCUT2D eigenvalue weighted by Crippen LogP contribution is -2.45. The SMILES string of the molecule is Cc1cc(C2=[N+](CC(=O)O)C(C3CCCC(C)C3)=N2)ccc1F. The van der Waals surface area contributed by atoms with E-state index < -0.39 is 5.97 Å². The van der Waals surface area contributed by atoms with E-state index in [0.29, 0.717) is 23.2 Å². The van der Waals surface area contributed by atoms with Gasteiger partial charge in [0.1, 0.15) is 5.82 Å². The summed E-state index contributed by atoms with van der Waals surface area (Å²) >= 11 is 0. The number of aliphatic carboxylic acids is 1. The van der Waals surface area contributed by atoms with Crippen LogP contribution in [0, 0.1) is 24.6 Å². The highest BCUT2D eigenvalue weighted by Crippen LogP contribution is 2.32. The van der Waals surface area contributed by atoms with Crippen LogP contribution >= 0.6 is 0 Å². The normalized spacial score (nSPS) is 24.2. The highest BCUT2D eigenvalue weighted by atomic mass is 19.1. The molecule has 2 unspecified atom stereocenters. The van der Waals surface area contributed by atoms with Crippen molar-refractivity contribution in [3.05, 3.63) is 35.1 Å². The number of carboxylic acids is 1. The monoisotopic (exact) mass is 317 g/mol. The van der Waals surface area contributed by atoms with Gasteiger partial charge in [-0.15, -0.1) is 0 Å². The van der Waals surface area contributed by atoms with Gasteiger partial charge >= 0.3 is 5.97 Å². The molecule has 0 bridgehead atoms. The number of hydrogen-bond donors (Lipinski definition) is 1. The van der Waals surface area contributed by atoms with Crippen molar-refractivity contribution in [3.8, 4) is 0 Å². The Morgan fingerprint density at radius 3 is 2.87 bits per heavy atom. The Kier molecular flexibility index (Phi) is 4.28. The number of nitrogens with zero attached hydrogens (tertiary/aromatic N) is 2. The number of amidine groups is 2. The minimum atomic E-state index is -0.877. The van der Waals surface area contributed by atoms with Crippen LogP contribution in [0.15, 0.2) is 23.2 Å². The van der Waals surface area contributed by atoms with E-state index in [1.165, 1.54) is 12.5 Å². The predicted molar refractivity (Wildman–Crippen MR) is 86.6 cm³/mol. The lowest BCUT2D eigenvalue weighted by atomic mass is 9.81. The van der Waals surface area contributed by atoms with Gasteiger partial charge in [-0.25, -0.2) is 13.8 Å². The molecular formula is C18H22FN2O2+. The van der Waals surface area contributed by atoms with Gasteiger partial charge in [0.15, 0.2) is 6.54 Å². The molecule has 5 heteroatoms. The summed E-state index contributed by atoms with van der Waals surface area (Å²) in [6, 6.07) is 4.80. The van der Waals surface area contributed by atoms with E-state index in [1.54, 1.807) is 23.6 Å². The van der Waals surface area contributed by atoms with Crippen molar-refractivity contribution in [2.75, 3.05) is 6.54 Å². The molecule has 1 aliphatic carbocycles. The average Bonchev–Trinajstić information content (AvgIpc) is 2.47. The average molecular weight is 317 g/mol. The van der Waals surface area contributed by atoms with Gasteiger partial charge in [0.2, 0.25) is 5.84 Å². The van der Waals surface area contributed by atoms with Gasteiger partial charge in [-0.1, -0.05) is 24.8 Å². The molecule has 0 amide bonds. The molecule has 0 radical (unpaired) electrons.